The molecular weight excluding hydrogens is 251 g/mol. The zero-order valence-corrected chi connectivity index (χ0v) is 11.0. The van der Waals surface area contributed by atoms with Crippen LogP contribution in [-0.4, -0.2) is 24.0 Å². The third-order valence-electron chi connectivity index (χ3n) is 2.81. The fourth-order valence-corrected chi connectivity index (χ4v) is 2.95. The third-order valence-corrected chi connectivity index (χ3v) is 4.02. The first kappa shape index (κ1) is 13.3. The van der Waals surface area contributed by atoms with Crippen LogP contribution in [0.4, 0.5) is 0 Å². The number of hydrogen-bond acceptors (Lipinski definition) is 3. The molecular formula is C10H16Cl2N2S. The van der Waals surface area contributed by atoms with E-state index in [1.807, 2.05) is 6.07 Å². The highest BCUT2D eigenvalue weighted by molar-refractivity contribution is 7.16. The van der Waals surface area contributed by atoms with Crippen LogP contribution in [-0.2, 0) is 6.54 Å². The average Bonchev–Trinajstić information content (AvgIpc) is 2.45. The Labute approximate surface area is 106 Å². The Morgan fingerprint density at radius 1 is 1.53 bits per heavy atom. The first-order valence-electron chi connectivity index (χ1n) is 4.85. The lowest BCUT2D eigenvalue weighted by Crippen LogP contribution is -2.48. The lowest BCUT2D eigenvalue weighted by atomic mass is 9.86. The minimum atomic E-state index is 0. The van der Waals surface area contributed by atoms with Crippen molar-refractivity contribution in [1.82, 2.24) is 4.90 Å². The van der Waals surface area contributed by atoms with Crippen molar-refractivity contribution in [3.05, 3.63) is 21.3 Å². The molecule has 2 nitrogen and oxygen atoms in total. The Kier molecular flexibility index (Phi) is 4.87. The van der Waals surface area contributed by atoms with Crippen molar-refractivity contribution in [3.8, 4) is 0 Å². The molecule has 1 aliphatic carbocycles. The van der Waals surface area contributed by atoms with Crippen molar-refractivity contribution < 1.29 is 0 Å². The van der Waals surface area contributed by atoms with Gasteiger partial charge in [0.25, 0.3) is 0 Å². The molecule has 0 spiro atoms. The molecule has 0 aromatic carbocycles. The minimum Gasteiger partial charge on any atom is -0.328 e. The zero-order valence-electron chi connectivity index (χ0n) is 8.65. The molecule has 1 heterocycles. The van der Waals surface area contributed by atoms with E-state index in [9.17, 15) is 0 Å². The summed E-state index contributed by atoms with van der Waals surface area (Å²) >= 11 is 7.54. The highest BCUT2D eigenvalue weighted by Gasteiger charge is 2.29. The van der Waals surface area contributed by atoms with Crippen molar-refractivity contribution in [3.63, 3.8) is 0 Å². The van der Waals surface area contributed by atoms with Gasteiger partial charge in [-0.2, -0.15) is 0 Å². The monoisotopic (exact) mass is 266 g/mol. The van der Waals surface area contributed by atoms with Gasteiger partial charge in [-0.3, -0.25) is 4.90 Å². The van der Waals surface area contributed by atoms with Gasteiger partial charge in [0, 0.05) is 23.5 Å². The number of halogens is 2. The van der Waals surface area contributed by atoms with Gasteiger partial charge >= 0.3 is 0 Å². The fourth-order valence-electron chi connectivity index (χ4n) is 1.80. The van der Waals surface area contributed by atoms with Crippen LogP contribution >= 0.6 is 35.3 Å². The second kappa shape index (κ2) is 5.51. The number of hydrogen-bond donors (Lipinski definition) is 1. The molecule has 5 heteroatoms. The Bertz CT molecular complexity index is 310. The quantitative estimate of drug-likeness (QED) is 0.912. The summed E-state index contributed by atoms with van der Waals surface area (Å²) in [5, 5.41) is 0. The summed E-state index contributed by atoms with van der Waals surface area (Å²) < 4.78 is 0.874. The van der Waals surface area contributed by atoms with Gasteiger partial charge in [-0.1, -0.05) is 11.6 Å². The average molecular weight is 267 g/mol. The van der Waals surface area contributed by atoms with Crippen LogP contribution in [0.1, 0.15) is 17.7 Å². The molecule has 0 amide bonds. The van der Waals surface area contributed by atoms with Gasteiger partial charge in [0.1, 0.15) is 0 Å². The molecule has 0 unspecified atom stereocenters. The molecule has 1 aliphatic rings. The normalized spacial score (nSPS) is 24.8. The maximum atomic E-state index is 5.87. The smallest absolute Gasteiger partial charge is 0.0931 e. The summed E-state index contributed by atoms with van der Waals surface area (Å²) in [6.07, 6.45) is 2.27. The van der Waals surface area contributed by atoms with Crippen molar-refractivity contribution in [2.75, 3.05) is 7.05 Å². The molecule has 0 atom stereocenters. The molecule has 15 heavy (non-hydrogen) atoms. The highest BCUT2D eigenvalue weighted by Crippen LogP contribution is 2.27. The number of thiophene rings is 1. The van der Waals surface area contributed by atoms with Crippen molar-refractivity contribution in [2.45, 2.75) is 31.5 Å². The van der Waals surface area contributed by atoms with Crippen LogP contribution in [0.2, 0.25) is 4.34 Å². The molecule has 1 aromatic heterocycles. The van der Waals surface area contributed by atoms with E-state index in [4.69, 9.17) is 17.3 Å². The second-order valence-electron chi connectivity index (χ2n) is 4.01. The molecule has 2 rings (SSSR count). The van der Waals surface area contributed by atoms with E-state index in [2.05, 4.69) is 18.0 Å². The van der Waals surface area contributed by atoms with Crippen LogP contribution < -0.4 is 5.73 Å². The Morgan fingerprint density at radius 2 is 2.20 bits per heavy atom. The van der Waals surface area contributed by atoms with E-state index in [1.165, 1.54) is 4.88 Å². The molecule has 86 valence electrons. The van der Waals surface area contributed by atoms with Gasteiger partial charge in [0.2, 0.25) is 0 Å². The zero-order chi connectivity index (χ0) is 10.1. The lowest BCUT2D eigenvalue weighted by Gasteiger charge is -2.39. The first-order chi connectivity index (χ1) is 6.65. The fraction of sp³-hybridized carbons (Fsp3) is 0.600. The summed E-state index contributed by atoms with van der Waals surface area (Å²) in [5.41, 5.74) is 5.76. The molecule has 0 aliphatic heterocycles. The molecule has 2 N–H and O–H groups in total. The van der Waals surface area contributed by atoms with Gasteiger partial charge in [-0.05, 0) is 32.0 Å². The predicted molar refractivity (Wildman–Crippen MR) is 69.0 cm³/mol. The standard InChI is InChI=1S/C10H15ClN2S.ClH/c1-13(8-4-7(12)5-8)6-9-2-3-10(11)14-9;/h2-3,7-8H,4-6,12H2,1H3;1H. The van der Waals surface area contributed by atoms with Gasteiger partial charge in [-0.15, -0.1) is 23.7 Å². The van der Waals surface area contributed by atoms with Crippen LogP contribution in [0.3, 0.4) is 0 Å². The van der Waals surface area contributed by atoms with Crippen molar-refractivity contribution in [1.29, 1.82) is 0 Å². The summed E-state index contributed by atoms with van der Waals surface area (Å²) in [4.78, 5) is 3.70. The van der Waals surface area contributed by atoms with E-state index in [0.717, 1.165) is 23.7 Å². The van der Waals surface area contributed by atoms with E-state index in [-0.39, 0.29) is 12.4 Å². The van der Waals surface area contributed by atoms with E-state index in [1.54, 1.807) is 11.3 Å². The van der Waals surface area contributed by atoms with Crippen LogP contribution in [0.15, 0.2) is 12.1 Å². The van der Waals surface area contributed by atoms with Gasteiger partial charge in [-0.25, -0.2) is 0 Å². The van der Waals surface area contributed by atoms with Gasteiger partial charge in [0.05, 0.1) is 4.34 Å². The predicted octanol–water partition coefficient (Wildman–Crippen LogP) is 2.74. The molecule has 0 radical (unpaired) electrons. The summed E-state index contributed by atoms with van der Waals surface area (Å²) in [6.45, 7) is 0.995. The van der Waals surface area contributed by atoms with Gasteiger partial charge in [0.15, 0.2) is 0 Å². The molecule has 0 bridgehead atoms. The summed E-state index contributed by atoms with van der Waals surface area (Å²) in [6, 6.07) is 5.16. The molecule has 1 saturated carbocycles. The van der Waals surface area contributed by atoms with E-state index >= 15 is 0 Å². The van der Waals surface area contributed by atoms with Crippen LogP contribution in [0.25, 0.3) is 0 Å². The van der Waals surface area contributed by atoms with Crippen LogP contribution in [0, 0.1) is 0 Å². The molecule has 1 aromatic rings. The maximum absolute atomic E-state index is 5.87. The summed E-state index contributed by atoms with van der Waals surface area (Å²) in [5.74, 6) is 0. The Balaban J connectivity index is 0.00000112. The van der Waals surface area contributed by atoms with Crippen molar-refractivity contribution >= 4 is 35.3 Å². The van der Waals surface area contributed by atoms with E-state index in [0.29, 0.717) is 12.1 Å². The number of nitrogens with two attached hydrogens (primary N) is 1. The maximum Gasteiger partial charge on any atom is 0.0931 e. The first-order valence-corrected chi connectivity index (χ1v) is 6.04. The largest absolute Gasteiger partial charge is 0.328 e. The van der Waals surface area contributed by atoms with Crippen molar-refractivity contribution in [2.24, 2.45) is 5.73 Å². The van der Waals surface area contributed by atoms with E-state index < -0.39 is 0 Å². The van der Waals surface area contributed by atoms with Crippen LogP contribution in [0.5, 0.6) is 0 Å². The Hall–Kier alpha value is 0.200. The third kappa shape index (κ3) is 3.33. The SMILES string of the molecule is CN(Cc1ccc(Cl)s1)C1CC(N)C1.Cl. The number of rotatable bonds is 3. The second-order valence-corrected chi connectivity index (χ2v) is 5.81. The molecule has 0 saturated heterocycles. The van der Waals surface area contributed by atoms with Gasteiger partial charge < -0.3 is 5.73 Å². The number of nitrogens with zero attached hydrogens (tertiary/aromatic N) is 1. The summed E-state index contributed by atoms with van der Waals surface area (Å²) in [7, 11) is 2.16. The molecule has 1 fully saturated rings. The minimum absolute atomic E-state index is 0. The Morgan fingerprint density at radius 3 is 2.67 bits per heavy atom. The topological polar surface area (TPSA) is 29.3 Å². The lowest BCUT2D eigenvalue weighted by molar-refractivity contribution is 0.133. The highest BCUT2D eigenvalue weighted by atomic mass is 35.5.